The molecule has 2 aromatic heterocycles. The van der Waals surface area contributed by atoms with Gasteiger partial charge in [0.1, 0.15) is 11.4 Å². The van der Waals surface area contributed by atoms with Crippen molar-refractivity contribution in [2.75, 3.05) is 6.61 Å². The molecule has 0 amide bonds. The van der Waals surface area contributed by atoms with Crippen LogP contribution in [-0.4, -0.2) is 21.1 Å². The molecule has 0 bridgehead atoms. The van der Waals surface area contributed by atoms with Crippen molar-refractivity contribution in [3.05, 3.63) is 53.9 Å². The van der Waals surface area contributed by atoms with E-state index in [9.17, 15) is 5.11 Å². The fourth-order valence-corrected chi connectivity index (χ4v) is 2.77. The topological polar surface area (TPSA) is 46.8 Å². The predicted octanol–water partition coefficient (Wildman–Crippen LogP) is 4.15. The summed E-state index contributed by atoms with van der Waals surface area (Å²) in [4.78, 5) is 4.73. The van der Waals surface area contributed by atoms with Gasteiger partial charge in [-0.1, -0.05) is 13.0 Å². The third-order valence-electron chi connectivity index (χ3n) is 3.94. The molecule has 1 aromatic carbocycles. The van der Waals surface area contributed by atoms with Crippen molar-refractivity contribution in [2.45, 2.75) is 33.3 Å². The lowest BCUT2D eigenvalue weighted by atomic mass is 10.1. The van der Waals surface area contributed by atoms with Crippen molar-refractivity contribution in [3.63, 3.8) is 0 Å². The van der Waals surface area contributed by atoms with E-state index in [-0.39, 0.29) is 0 Å². The molecule has 23 heavy (non-hydrogen) atoms. The second kappa shape index (κ2) is 6.42. The summed E-state index contributed by atoms with van der Waals surface area (Å²) in [6, 6.07) is 11.9. The van der Waals surface area contributed by atoms with Crippen LogP contribution in [0.15, 0.2) is 42.6 Å². The number of aromatic nitrogens is 2. The molecule has 0 aliphatic rings. The van der Waals surface area contributed by atoms with Crippen LogP contribution >= 0.6 is 0 Å². The van der Waals surface area contributed by atoms with E-state index >= 15 is 0 Å². The highest BCUT2D eigenvalue weighted by molar-refractivity contribution is 5.67. The van der Waals surface area contributed by atoms with E-state index in [0.29, 0.717) is 13.0 Å². The fraction of sp³-hybridized carbons (Fsp3) is 0.316. The number of fused-ring (bicyclic) bond motifs is 1. The molecule has 120 valence electrons. The minimum Gasteiger partial charge on any atom is -0.494 e. The minimum absolute atomic E-state index is 0.548. The first-order valence-corrected chi connectivity index (χ1v) is 8.04. The van der Waals surface area contributed by atoms with Crippen LogP contribution in [0.1, 0.15) is 37.6 Å². The molecule has 3 rings (SSSR count). The molecule has 3 aromatic rings. The number of aliphatic hydroxyl groups excluding tert-OH is 1. The van der Waals surface area contributed by atoms with Crippen molar-refractivity contribution >= 4 is 5.65 Å². The van der Waals surface area contributed by atoms with Gasteiger partial charge in [-0.3, -0.25) is 0 Å². The normalized spacial score (nSPS) is 12.5. The molecule has 0 fully saturated rings. The molecule has 2 heterocycles. The van der Waals surface area contributed by atoms with Gasteiger partial charge < -0.3 is 14.2 Å². The number of hydrogen-bond acceptors (Lipinski definition) is 3. The number of aryl methyl sites for hydroxylation is 1. The summed E-state index contributed by atoms with van der Waals surface area (Å²) in [5, 5.41) is 10.5. The monoisotopic (exact) mass is 310 g/mol. The molecular formula is C19H22N2O2. The highest BCUT2D eigenvalue weighted by atomic mass is 16.5. The molecule has 0 saturated heterocycles. The van der Waals surface area contributed by atoms with Crippen LogP contribution in [-0.2, 0) is 0 Å². The number of ether oxygens (including phenoxy) is 1. The van der Waals surface area contributed by atoms with Gasteiger partial charge in [-0.05, 0) is 56.2 Å². The van der Waals surface area contributed by atoms with Gasteiger partial charge in [0.05, 0.1) is 24.1 Å². The second-order valence-corrected chi connectivity index (χ2v) is 5.66. The molecule has 1 unspecified atom stereocenters. The number of benzene rings is 1. The number of aliphatic hydroxyl groups is 1. The van der Waals surface area contributed by atoms with Crippen molar-refractivity contribution < 1.29 is 9.84 Å². The Morgan fingerprint density at radius 1 is 1.13 bits per heavy atom. The Labute approximate surface area is 136 Å². The Kier molecular flexibility index (Phi) is 4.35. The lowest BCUT2D eigenvalue weighted by molar-refractivity contribution is 0.168. The van der Waals surface area contributed by atoms with Crippen LogP contribution in [0.2, 0.25) is 0 Å². The largest absolute Gasteiger partial charge is 0.494 e. The Bertz CT molecular complexity index is 806. The number of pyridine rings is 1. The van der Waals surface area contributed by atoms with Gasteiger partial charge in [-0.2, -0.15) is 0 Å². The maximum absolute atomic E-state index is 10.5. The number of nitrogens with zero attached hydrogens (tertiary/aromatic N) is 2. The van der Waals surface area contributed by atoms with E-state index in [1.54, 1.807) is 0 Å². The third-order valence-corrected chi connectivity index (χ3v) is 3.94. The zero-order chi connectivity index (χ0) is 16.4. The molecule has 4 nitrogen and oxygen atoms in total. The van der Waals surface area contributed by atoms with Crippen molar-refractivity contribution in [1.82, 2.24) is 9.38 Å². The van der Waals surface area contributed by atoms with Crippen molar-refractivity contribution in [2.24, 2.45) is 0 Å². The summed E-state index contributed by atoms with van der Waals surface area (Å²) in [6.07, 6.45) is 2.12. The number of imidazole rings is 1. The highest BCUT2D eigenvalue weighted by Crippen LogP contribution is 2.31. The molecule has 1 N–H and O–H groups in total. The Balaban J connectivity index is 2.15. The quantitative estimate of drug-likeness (QED) is 0.770. The number of rotatable bonds is 5. The average Bonchev–Trinajstić information content (AvgIpc) is 2.93. The van der Waals surface area contributed by atoms with Gasteiger partial charge in [0.2, 0.25) is 0 Å². The number of hydrogen-bond donors (Lipinski definition) is 1. The minimum atomic E-state index is -0.548. The van der Waals surface area contributed by atoms with E-state index in [2.05, 4.69) is 0 Å². The summed E-state index contributed by atoms with van der Waals surface area (Å²) in [5.41, 5.74) is 4.64. The summed E-state index contributed by atoms with van der Waals surface area (Å²) >= 11 is 0. The Hall–Kier alpha value is -2.33. The van der Waals surface area contributed by atoms with Gasteiger partial charge in [-0.25, -0.2) is 4.98 Å². The van der Waals surface area contributed by atoms with E-state index in [4.69, 9.17) is 9.72 Å². The molecule has 1 atom stereocenters. The predicted molar refractivity (Wildman–Crippen MR) is 91.8 cm³/mol. The van der Waals surface area contributed by atoms with Gasteiger partial charge in [0.15, 0.2) is 0 Å². The zero-order valence-electron chi connectivity index (χ0n) is 13.8. The zero-order valence-corrected chi connectivity index (χ0v) is 13.8. The van der Waals surface area contributed by atoms with E-state index < -0.39 is 6.10 Å². The van der Waals surface area contributed by atoms with Crippen LogP contribution < -0.4 is 4.74 Å². The molecular weight excluding hydrogens is 288 g/mol. The van der Waals surface area contributed by atoms with Gasteiger partial charge in [0.25, 0.3) is 0 Å². The first-order valence-electron chi connectivity index (χ1n) is 8.04. The summed E-state index contributed by atoms with van der Waals surface area (Å²) in [5.74, 6) is 0.841. The standard InChI is InChI=1S/C19H22N2O2/c1-4-16(22)19-18(14-7-9-15(10-8-14)23-5-2)20-17-11-6-13(3)12-21(17)19/h6-12,16,22H,4-5H2,1-3H3. The summed E-state index contributed by atoms with van der Waals surface area (Å²) in [6.45, 7) is 6.63. The molecule has 0 spiro atoms. The third kappa shape index (κ3) is 2.94. The van der Waals surface area contributed by atoms with E-state index in [1.165, 1.54) is 0 Å². The second-order valence-electron chi connectivity index (χ2n) is 5.66. The SMILES string of the molecule is CCOc1ccc(-c2nc3ccc(C)cn3c2C(O)CC)cc1. The lowest BCUT2D eigenvalue weighted by Crippen LogP contribution is -2.02. The average molecular weight is 310 g/mol. The van der Waals surface area contributed by atoms with Crippen LogP contribution in [0.3, 0.4) is 0 Å². The Morgan fingerprint density at radius 2 is 1.87 bits per heavy atom. The highest BCUT2D eigenvalue weighted by Gasteiger charge is 2.19. The van der Waals surface area contributed by atoms with E-state index in [0.717, 1.165) is 33.9 Å². The van der Waals surface area contributed by atoms with Gasteiger partial charge >= 0.3 is 0 Å². The van der Waals surface area contributed by atoms with Crippen molar-refractivity contribution in [3.8, 4) is 17.0 Å². The Morgan fingerprint density at radius 3 is 2.52 bits per heavy atom. The van der Waals surface area contributed by atoms with Crippen molar-refractivity contribution in [1.29, 1.82) is 0 Å². The molecule has 0 saturated carbocycles. The molecule has 0 radical (unpaired) electrons. The fourth-order valence-electron chi connectivity index (χ4n) is 2.77. The first-order chi connectivity index (χ1) is 11.1. The van der Waals surface area contributed by atoms with Crippen LogP contribution in [0.4, 0.5) is 0 Å². The molecule has 0 aliphatic heterocycles. The van der Waals surface area contributed by atoms with Crippen LogP contribution in [0, 0.1) is 6.92 Å². The maximum atomic E-state index is 10.5. The molecule has 4 heteroatoms. The smallest absolute Gasteiger partial charge is 0.137 e. The molecule has 0 aliphatic carbocycles. The lowest BCUT2D eigenvalue weighted by Gasteiger charge is -2.11. The summed E-state index contributed by atoms with van der Waals surface area (Å²) in [7, 11) is 0. The van der Waals surface area contributed by atoms with Gasteiger partial charge in [-0.15, -0.1) is 0 Å². The van der Waals surface area contributed by atoms with E-state index in [1.807, 2.05) is 67.8 Å². The first kappa shape index (κ1) is 15.6. The van der Waals surface area contributed by atoms with Crippen LogP contribution in [0.5, 0.6) is 5.75 Å². The summed E-state index contributed by atoms with van der Waals surface area (Å²) < 4.78 is 7.49. The maximum Gasteiger partial charge on any atom is 0.137 e. The van der Waals surface area contributed by atoms with Gasteiger partial charge in [0, 0.05) is 11.8 Å². The van der Waals surface area contributed by atoms with Crippen LogP contribution in [0.25, 0.3) is 16.9 Å².